The first-order chi connectivity index (χ1) is 12.3. The van der Waals surface area contributed by atoms with Crippen molar-refractivity contribution in [3.8, 4) is 12.3 Å². The van der Waals surface area contributed by atoms with Gasteiger partial charge in [-0.05, 0) is 0 Å². The summed E-state index contributed by atoms with van der Waals surface area (Å²) in [5.41, 5.74) is 0.690. The largest absolute Gasteiger partial charge is 0.469 e. The van der Waals surface area contributed by atoms with Crippen LogP contribution in [0.25, 0.3) is 11.2 Å². The van der Waals surface area contributed by atoms with Crippen LogP contribution < -0.4 is 5.32 Å². The number of imidazole rings is 1. The number of nitrogens with zero attached hydrogens (tertiary/aromatic N) is 4. The van der Waals surface area contributed by atoms with Crippen molar-refractivity contribution in [2.24, 2.45) is 0 Å². The number of aromatic nitrogens is 4. The fourth-order valence-corrected chi connectivity index (χ4v) is 2.91. The molecule has 0 bridgehead atoms. The Kier molecular flexibility index (Phi) is 5.22. The minimum atomic E-state index is -4.74. The zero-order chi connectivity index (χ0) is 18.9. The summed E-state index contributed by atoms with van der Waals surface area (Å²) in [7, 11) is -4.74. The van der Waals surface area contributed by atoms with Gasteiger partial charge < -0.3 is 30.1 Å². The van der Waals surface area contributed by atoms with Crippen molar-refractivity contribution in [1.82, 2.24) is 19.5 Å². The summed E-state index contributed by atoms with van der Waals surface area (Å²) < 4.78 is 22.0. The Labute approximate surface area is 147 Å². The van der Waals surface area contributed by atoms with E-state index in [1.165, 1.54) is 17.2 Å². The lowest BCUT2D eigenvalue weighted by atomic mass is 10.1. The molecule has 1 aliphatic heterocycles. The molecule has 1 unspecified atom stereocenters. The average molecular weight is 385 g/mol. The lowest BCUT2D eigenvalue weighted by Gasteiger charge is -2.16. The van der Waals surface area contributed by atoms with Gasteiger partial charge in [-0.3, -0.25) is 9.09 Å². The predicted octanol–water partition coefficient (Wildman–Crippen LogP) is -1.40. The zero-order valence-electron chi connectivity index (χ0n) is 13.2. The van der Waals surface area contributed by atoms with Gasteiger partial charge in [0.25, 0.3) is 0 Å². The van der Waals surface area contributed by atoms with Crippen LogP contribution in [0.3, 0.4) is 0 Å². The highest BCUT2D eigenvalue weighted by atomic mass is 31.2. The van der Waals surface area contributed by atoms with E-state index in [2.05, 4.69) is 30.7 Å². The molecule has 0 spiro atoms. The number of terminal acetylenes is 1. The third kappa shape index (κ3) is 3.69. The number of hydrogen-bond donors (Lipinski definition) is 5. The van der Waals surface area contributed by atoms with Gasteiger partial charge in [0.15, 0.2) is 23.2 Å². The second-order valence-electron chi connectivity index (χ2n) is 5.44. The number of rotatable bonds is 6. The molecule has 0 amide bonds. The first-order valence-corrected chi connectivity index (χ1v) is 8.91. The third-order valence-electron chi connectivity index (χ3n) is 3.74. The summed E-state index contributed by atoms with van der Waals surface area (Å²) >= 11 is 0. The second kappa shape index (κ2) is 7.26. The van der Waals surface area contributed by atoms with Crippen molar-refractivity contribution in [3.05, 3.63) is 12.7 Å². The minimum absolute atomic E-state index is 0.224. The molecular formula is C13H16N5O7P. The number of ether oxygens (including phenoxy) is 1. The van der Waals surface area contributed by atoms with Crippen molar-refractivity contribution in [2.45, 2.75) is 24.5 Å². The summed E-state index contributed by atoms with van der Waals surface area (Å²) in [6, 6.07) is 0. The van der Waals surface area contributed by atoms with Crippen LogP contribution in [0.1, 0.15) is 6.23 Å². The number of hydrogen-bond acceptors (Lipinski definition) is 9. The lowest BCUT2D eigenvalue weighted by molar-refractivity contribution is -0.0504. The molecule has 1 saturated heterocycles. The molecule has 5 N–H and O–H groups in total. The molecule has 0 aromatic carbocycles. The maximum atomic E-state index is 10.8. The van der Waals surface area contributed by atoms with Gasteiger partial charge in [-0.1, -0.05) is 5.92 Å². The molecule has 1 fully saturated rings. The van der Waals surface area contributed by atoms with Crippen LogP contribution in [0.4, 0.5) is 5.82 Å². The Morgan fingerprint density at radius 2 is 2.12 bits per heavy atom. The maximum absolute atomic E-state index is 10.8. The van der Waals surface area contributed by atoms with Crippen molar-refractivity contribution in [3.63, 3.8) is 0 Å². The summed E-state index contributed by atoms with van der Waals surface area (Å²) in [5, 5.41) is 23.2. The lowest BCUT2D eigenvalue weighted by Crippen LogP contribution is -2.33. The Hall–Kier alpha value is -2.10. The summed E-state index contributed by atoms with van der Waals surface area (Å²) in [4.78, 5) is 29.8. The van der Waals surface area contributed by atoms with E-state index < -0.39 is 39.0 Å². The highest BCUT2D eigenvalue weighted by Crippen LogP contribution is 2.38. The first kappa shape index (κ1) is 18.7. The number of anilines is 1. The fourth-order valence-electron chi connectivity index (χ4n) is 2.57. The first-order valence-electron chi connectivity index (χ1n) is 7.38. The van der Waals surface area contributed by atoms with Gasteiger partial charge in [-0.15, -0.1) is 6.42 Å². The minimum Gasteiger partial charge on any atom is -0.387 e. The second-order valence-corrected chi connectivity index (χ2v) is 6.68. The van der Waals surface area contributed by atoms with Gasteiger partial charge in [-0.2, -0.15) is 0 Å². The van der Waals surface area contributed by atoms with Gasteiger partial charge in [0, 0.05) is 0 Å². The normalized spacial score (nSPS) is 26.1. The van der Waals surface area contributed by atoms with Crippen LogP contribution >= 0.6 is 7.82 Å². The highest BCUT2D eigenvalue weighted by Gasteiger charge is 2.45. The van der Waals surface area contributed by atoms with Gasteiger partial charge in [0.1, 0.15) is 24.6 Å². The highest BCUT2D eigenvalue weighted by molar-refractivity contribution is 7.46. The summed E-state index contributed by atoms with van der Waals surface area (Å²) in [5.74, 6) is 2.80. The quantitative estimate of drug-likeness (QED) is 0.292. The number of nitrogens with one attached hydrogen (secondary N) is 1. The van der Waals surface area contributed by atoms with Crippen LogP contribution in [0, 0.1) is 12.3 Å². The van der Waals surface area contributed by atoms with E-state index in [1.54, 1.807) is 0 Å². The van der Waals surface area contributed by atoms with Crippen LogP contribution in [0.15, 0.2) is 12.7 Å². The fraction of sp³-hybridized carbons (Fsp3) is 0.462. The van der Waals surface area contributed by atoms with Gasteiger partial charge in [0.05, 0.1) is 19.5 Å². The van der Waals surface area contributed by atoms with Crippen LogP contribution in [-0.2, 0) is 13.8 Å². The topological polar surface area (TPSA) is 172 Å². The van der Waals surface area contributed by atoms with E-state index in [-0.39, 0.29) is 6.54 Å². The smallest absolute Gasteiger partial charge is 0.387 e. The van der Waals surface area contributed by atoms with Crippen LogP contribution in [-0.4, -0.2) is 71.0 Å². The molecule has 3 heterocycles. The molecule has 26 heavy (non-hydrogen) atoms. The molecule has 2 aromatic heterocycles. The molecule has 13 heteroatoms. The van der Waals surface area contributed by atoms with E-state index in [0.29, 0.717) is 17.0 Å². The van der Waals surface area contributed by atoms with Gasteiger partial charge in [-0.25, -0.2) is 19.5 Å². The predicted molar refractivity (Wildman–Crippen MR) is 86.6 cm³/mol. The molecule has 0 saturated carbocycles. The van der Waals surface area contributed by atoms with Crippen molar-refractivity contribution in [2.75, 3.05) is 18.5 Å². The monoisotopic (exact) mass is 385 g/mol. The number of phosphoric acid groups is 1. The van der Waals surface area contributed by atoms with E-state index in [4.69, 9.17) is 20.9 Å². The standard InChI is InChI=1S/C13H16N5O7P/c1-2-3-14-11-8-12(16-5-15-11)18(6-17-8)13-10(20)9(19)7(25-13)4-24-26(21,22)23/h1,5-7,9-10,13,19-20H,3-4H2,(H,14,15,16)(H2,21,22,23)/t7-,9+,10?,13-/m1/s1. The molecule has 3 rings (SSSR count). The van der Waals surface area contributed by atoms with E-state index in [9.17, 15) is 14.8 Å². The summed E-state index contributed by atoms with van der Waals surface area (Å²) in [6.07, 6.45) is 2.75. The molecule has 140 valence electrons. The van der Waals surface area contributed by atoms with Gasteiger partial charge >= 0.3 is 7.82 Å². The molecule has 2 aromatic rings. The number of aliphatic hydroxyl groups is 2. The number of fused-ring (bicyclic) bond motifs is 1. The SMILES string of the molecule is C#CCNc1ncnc2c1ncn2[C@@H]1O[C@H](COP(=O)(O)O)[C@H](O)C1O. The van der Waals surface area contributed by atoms with E-state index in [1.807, 2.05) is 0 Å². The van der Waals surface area contributed by atoms with E-state index in [0.717, 1.165) is 0 Å². The zero-order valence-corrected chi connectivity index (χ0v) is 14.1. The molecule has 1 aliphatic rings. The van der Waals surface area contributed by atoms with Crippen LogP contribution in [0.5, 0.6) is 0 Å². The average Bonchev–Trinajstić information content (AvgIpc) is 3.13. The Bertz CT molecular complexity index is 877. The van der Waals surface area contributed by atoms with Crippen molar-refractivity contribution < 1.29 is 33.8 Å². The summed E-state index contributed by atoms with van der Waals surface area (Å²) in [6.45, 7) is -0.377. The van der Waals surface area contributed by atoms with E-state index >= 15 is 0 Å². The Morgan fingerprint density at radius 3 is 2.81 bits per heavy atom. The Balaban J connectivity index is 1.85. The molecule has 0 radical (unpaired) electrons. The number of aliphatic hydroxyl groups excluding tert-OH is 2. The molecule has 12 nitrogen and oxygen atoms in total. The van der Waals surface area contributed by atoms with Gasteiger partial charge in [0.2, 0.25) is 0 Å². The molecule has 4 atom stereocenters. The number of phosphoric ester groups is 1. The molecule has 0 aliphatic carbocycles. The Morgan fingerprint density at radius 1 is 1.35 bits per heavy atom. The maximum Gasteiger partial charge on any atom is 0.469 e. The van der Waals surface area contributed by atoms with Crippen molar-refractivity contribution >= 4 is 24.8 Å². The van der Waals surface area contributed by atoms with Crippen molar-refractivity contribution in [1.29, 1.82) is 0 Å². The van der Waals surface area contributed by atoms with Crippen LogP contribution in [0.2, 0.25) is 0 Å². The molecular weight excluding hydrogens is 369 g/mol. The third-order valence-corrected chi connectivity index (χ3v) is 4.22.